The molecule has 1 aliphatic heterocycles. The Morgan fingerprint density at radius 1 is 1.47 bits per heavy atom. The fourth-order valence-corrected chi connectivity index (χ4v) is 3.56. The largest absolute Gasteiger partial charge is 0.378 e. The molecule has 1 fully saturated rings. The molecule has 0 aromatic rings. The second-order valence-corrected chi connectivity index (χ2v) is 7.85. The highest BCUT2D eigenvalue weighted by Crippen LogP contribution is 2.23. The fourth-order valence-electron chi connectivity index (χ4n) is 2.09. The van der Waals surface area contributed by atoms with Crippen molar-refractivity contribution in [1.29, 1.82) is 0 Å². The van der Waals surface area contributed by atoms with Gasteiger partial charge in [-0.1, -0.05) is 0 Å². The molecule has 1 heterocycles. The number of hydrogen-bond acceptors (Lipinski definition) is 5. The third-order valence-electron chi connectivity index (χ3n) is 2.90. The summed E-state index contributed by atoms with van der Waals surface area (Å²) in [4.78, 5) is 0. The van der Waals surface area contributed by atoms with Gasteiger partial charge in [-0.25, -0.2) is 8.42 Å². The molecule has 1 atom stereocenters. The van der Waals surface area contributed by atoms with Crippen LogP contribution >= 0.6 is 0 Å². The van der Waals surface area contributed by atoms with E-state index in [9.17, 15) is 8.42 Å². The van der Waals surface area contributed by atoms with Gasteiger partial charge >= 0.3 is 0 Å². The summed E-state index contributed by atoms with van der Waals surface area (Å²) in [7, 11) is -3.32. The molecular weight excluding hydrogens is 268 g/mol. The van der Waals surface area contributed by atoms with Crippen molar-refractivity contribution in [2.24, 2.45) is 5.73 Å². The molecule has 114 valence electrons. The molecule has 19 heavy (non-hydrogen) atoms. The minimum Gasteiger partial charge on any atom is -0.378 e. The van der Waals surface area contributed by atoms with E-state index in [0.717, 1.165) is 0 Å². The van der Waals surface area contributed by atoms with Crippen LogP contribution in [-0.4, -0.2) is 62.5 Å². The van der Waals surface area contributed by atoms with Gasteiger partial charge in [0.25, 0.3) is 0 Å². The molecule has 0 saturated carbocycles. The number of nitrogens with two attached hydrogens (primary N) is 1. The summed E-state index contributed by atoms with van der Waals surface area (Å²) in [6, 6.07) is 0. The lowest BCUT2D eigenvalue weighted by Gasteiger charge is -2.41. The van der Waals surface area contributed by atoms with Crippen LogP contribution in [0, 0.1) is 0 Å². The van der Waals surface area contributed by atoms with Crippen molar-refractivity contribution in [2.45, 2.75) is 45.5 Å². The van der Waals surface area contributed by atoms with Gasteiger partial charge in [-0.3, -0.25) is 0 Å². The van der Waals surface area contributed by atoms with E-state index in [2.05, 4.69) is 0 Å². The highest BCUT2D eigenvalue weighted by molar-refractivity contribution is 7.89. The molecule has 0 aromatic heterocycles. The lowest BCUT2D eigenvalue weighted by Crippen LogP contribution is -2.56. The Bertz CT molecular complexity index is 381. The Morgan fingerprint density at radius 3 is 2.63 bits per heavy atom. The maximum absolute atomic E-state index is 12.3. The predicted octanol–water partition coefficient (Wildman–Crippen LogP) is 0.179. The first-order valence-corrected chi connectivity index (χ1v) is 8.24. The second-order valence-electron chi connectivity index (χ2n) is 5.76. The van der Waals surface area contributed by atoms with Crippen molar-refractivity contribution in [2.75, 3.05) is 32.0 Å². The number of ether oxygens (including phenoxy) is 2. The van der Waals surface area contributed by atoms with Gasteiger partial charge in [0, 0.05) is 19.6 Å². The number of rotatable bonds is 6. The highest BCUT2D eigenvalue weighted by atomic mass is 32.2. The van der Waals surface area contributed by atoms with Crippen molar-refractivity contribution in [3.05, 3.63) is 0 Å². The summed E-state index contributed by atoms with van der Waals surface area (Å²) >= 11 is 0. The zero-order valence-electron chi connectivity index (χ0n) is 12.3. The summed E-state index contributed by atoms with van der Waals surface area (Å²) in [5, 5.41) is 0. The Kier molecular flexibility index (Phi) is 5.76. The SMILES string of the molecule is CC(C)OCCS(=O)(=O)N1CC(CN)OC(C)(C)C1. The molecule has 2 N–H and O–H groups in total. The third kappa shape index (κ3) is 5.35. The maximum atomic E-state index is 12.3. The van der Waals surface area contributed by atoms with Crippen molar-refractivity contribution in [1.82, 2.24) is 4.31 Å². The number of sulfonamides is 1. The Labute approximate surface area is 116 Å². The molecular formula is C12H26N2O4S. The van der Waals surface area contributed by atoms with E-state index in [1.807, 2.05) is 27.7 Å². The number of nitrogens with zero attached hydrogens (tertiary/aromatic N) is 1. The van der Waals surface area contributed by atoms with Gasteiger partial charge in [0.1, 0.15) is 0 Å². The van der Waals surface area contributed by atoms with E-state index < -0.39 is 15.6 Å². The number of hydrogen-bond donors (Lipinski definition) is 1. The quantitative estimate of drug-likeness (QED) is 0.755. The summed E-state index contributed by atoms with van der Waals surface area (Å²) in [5.74, 6) is -0.00144. The lowest BCUT2D eigenvalue weighted by atomic mass is 10.1. The van der Waals surface area contributed by atoms with E-state index in [1.54, 1.807) is 0 Å². The van der Waals surface area contributed by atoms with Gasteiger partial charge in [-0.15, -0.1) is 0 Å². The molecule has 0 bridgehead atoms. The fraction of sp³-hybridized carbons (Fsp3) is 1.00. The summed E-state index contributed by atoms with van der Waals surface area (Å²) in [6.07, 6.45) is -0.210. The van der Waals surface area contributed by atoms with E-state index >= 15 is 0 Å². The standard InChI is InChI=1S/C12H26N2O4S/c1-10(2)17-5-6-19(15,16)14-8-11(7-13)18-12(3,4)9-14/h10-11H,5-9,13H2,1-4H3. The smallest absolute Gasteiger partial charge is 0.216 e. The highest BCUT2D eigenvalue weighted by Gasteiger charge is 2.38. The van der Waals surface area contributed by atoms with E-state index in [0.29, 0.717) is 19.6 Å². The van der Waals surface area contributed by atoms with Crippen LogP contribution in [0.5, 0.6) is 0 Å². The third-order valence-corrected chi connectivity index (χ3v) is 4.65. The van der Waals surface area contributed by atoms with Gasteiger partial charge < -0.3 is 15.2 Å². The van der Waals surface area contributed by atoms with Crippen LogP contribution in [0.2, 0.25) is 0 Å². The zero-order valence-corrected chi connectivity index (χ0v) is 13.1. The van der Waals surface area contributed by atoms with Crippen LogP contribution in [-0.2, 0) is 19.5 Å². The Hall–Kier alpha value is -0.210. The average Bonchev–Trinajstić information content (AvgIpc) is 2.25. The average molecular weight is 294 g/mol. The molecule has 0 amide bonds. The summed E-state index contributed by atoms with van der Waals surface area (Å²) < 4.78 is 37.0. The normalized spacial score (nSPS) is 24.8. The van der Waals surface area contributed by atoms with Crippen LogP contribution in [0.15, 0.2) is 0 Å². The first-order valence-electron chi connectivity index (χ1n) is 6.63. The van der Waals surface area contributed by atoms with E-state index in [-0.39, 0.29) is 24.6 Å². The van der Waals surface area contributed by atoms with Crippen molar-refractivity contribution < 1.29 is 17.9 Å². The van der Waals surface area contributed by atoms with Crippen LogP contribution in [0.1, 0.15) is 27.7 Å². The molecule has 6 nitrogen and oxygen atoms in total. The predicted molar refractivity (Wildman–Crippen MR) is 74.5 cm³/mol. The van der Waals surface area contributed by atoms with Crippen LogP contribution in [0.25, 0.3) is 0 Å². The van der Waals surface area contributed by atoms with Gasteiger partial charge in [0.2, 0.25) is 10.0 Å². The zero-order chi connectivity index (χ0) is 14.7. The topological polar surface area (TPSA) is 81.9 Å². The summed E-state index contributed by atoms with van der Waals surface area (Å²) in [5.41, 5.74) is 5.09. The van der Waals surface area contributed by atoms with Crippen LogP contribution in [0.4, 0.5) is 0 Å². The van der Waals surface area contributed by atoms with Gasteiger partial charge in [0.05, 0.1) is 30.2 Å². The van der Waals surface area contributed by atoms with E-state index in [1.165, 1.54) is 4.31 Å². The molecule has 0 aromatic carbocycles. The first kappa shape index (κ1) is 16.8. The minimum absolute atomic E-state index is 0.00144. The van der Waals surface area contributed by atoms with E-state index in [4.69, 9.17) is 15.2 Å². The van der Waals surface area contributed by atoms with Crippen molar-refractivity contribution >= 4 is 10.0 Å². The molecule has 0 radical (unpaired) electrons. The van der Waals surface area contributed by atoms with Gasteiger partial charge in [-0.05, 0) is 27.7 Å². The summed E-state index contributed by atoms with van der Waals surface area (Å²) in [6.45, 7) is 8.73. The molecule has 0 aliphatic carbocycles. The first-order chi connectivity index (χ1) is 8.66. The molecule has 1 saturated heterocycles. The monoisotopic (exact) mass is 294 g/mol. The van der Waals surface area contributed by atoms with Gasteiger partial charge in [-0.2, -0.15) is 4.31 Å². The maximum Gasteiger partial charge on any atom is 0.216 e. The molecule has 1 aliphatic rings. The minimum atomic E-state index is -3.32. The molecule has 7 heteroatoms. The van der Waals surface area contributed by atoms with Crippen molar-refractivity contribution in [3.8, 4) is 0 Å². The molecule has 1 unspecified atom stereocenters. The lowest BCUT2D eigenvalue weighted by molar-refractivity contribution is -0.112. The second kappa shape index (κ2) is 6.49. The Balaban J connectivity index is 2.66. The molecule has 0 spiro atoms. The number of morpholine rings is 1. The molecule has 1 rings (SSSR count). The van der Waals surface area contributed by atoms with Crippen molar-refractivity contribution in [3.63, 3.8) is 0 Å². The van der Waals surface area contributed by atoms with Gasteiger partial charge in [0.15, 0.2) is 0 Å². The Morgan fingerprint density at radius 2 is 2.11 bits per heavy atom. The van der Waals surface area contributed by atoms with Crippen LogP contribution < -0.4 is 5.73 Å². The van der Waals surface area contributed by atoms with Crippen LogP contribution in [0.3, 0.4) is 0 Å².